The van der Waals surface area contributed by atoms with Crippen molar-refractivity contribution in [2.24, 2.45) is 29.6 Å². The van der Waals surface area contributed by atoms with E-state index in [2.05, 4.69) is 16.0 Å². The van der Waals surface area contributed by atoms with Crippen molar-refractivity contribution < 1.29 is 43.3 Å². The smallest absolute Gasteiger partial charge is 0.326 e. The van der Waals surface area contributed by atoms with E-state index in [9.17, 15) is 33.9 Å². The van der Waals surface area contributed by atoms with Crippen molar-refractivity contribution in [3.05, 3.63) is 35.9 Å². The number of nitrogens with zero attached hydrogens (tertiary/aromatic N) is 3. The number of hydrogen-bond donors (Lipinski definition) is 4. The van der Waals surface area contributed by atoms with Crippen molar-refractivity contribution >= 4 is 35.5 Å². The van der Waals surface area contributed by atoms with Crippen LogP contribution in [-0.2, 0) is 44.7 Å². The fourth-order valence-corrected chi connectivity index (χ4v) is 8.80. The second-order valence-electron chi connectivity index (χ2n) is 17.7. The van der Waals surface area contributed by atoms with Crippen molar-refractivity contribution in [3.63, 3.8) is 0 Å². The molecular formula is C46H78N6O9. The molecule has 4 N–H and O–H groups in total. The van der Waals surface area contributed by atoms with E-state index < -0.39 is 72.2 Å². The minimum absolute atomic E-state index is 0.0457. The van der Waals surface area contributed by atoms with E-state index in [0.29, 0.717) is 25.8 Å². The molecular weight excluding hydrogens is 781 g/mol. The van der Waals surface area contributed by atoms with Crippen LogP contribution in [0, 0.1) is 29.6 Å². The van der Waals surface area contributed by atoms with Crippen LogP contribution < -0.4 is 16.0 Å². The third-order valence-electron chi connectivity index (χ3n) is 12.8. The van der Waals surface area contributed by atoms with Crippen LogP contribution in [0.25, 0.3) is 0 Å². The van der Waals surface area contributed by atoms with E-state index in [4.69, 9.17) is 9.47 Å². The maximum Gasteiger partial charge on any atom is 0.326 e. The van der Waals surface area contributed by atoms with Gasteiger partial charge in [0.05, 0.1) is 42.7 Å². The summed E-state index contributed by atoms with van der Waals surface area (Å²) in [6, 6.07) is 4.69. The van der Waals surface area contributed by atoms with Gasteiger partial charge >= 0.3 is 5.97 Å². The molecule has 61 heavy (non-hydrogen) atoms. The third kappa shape index (κ3) is 14.0. The quantitative estimate of drug-likeness (QED) is 0.112. The van der Waals surface area contributed by atoms with Crippen LogP contribution in [0.5, 0.6) is 0 Å². The molecule has 0 aromatic heterocycles. The molecule has 0 saturated carbocycles. The fraction of sp³-hybridized carbons (Fsp3) is 0.739. The predicted octanol–water partition coefficient (Wildman–Crippen LogP) is 3.98. The molecule has 1 aromatic rings. The molecule has 0 aliphatic carbocycles. The van der Waals surface area contributed by atoms with E-state index >= 15 is 0 Å². The highest BCUT2D eigenvalue weighted by atomic mass is 16.5. The molecule has 2 rings (SSSR count). The molecule has 5 amide bonds. The van der Waals surface area contributed by atoms with Gasteiger partial charge in [-0.25, -0.2) is 4.79 Å². The topological polar surface area (TPSA) is 187 Å². The number of benzene rings is 1. The monoisotopic (exact) mass is 859 g/mol. The van der Waals surface area contributed by atoms with Gasteiger partial charge in [-0.05, 0) is 49.1 Å². The maximum atomic E-state index is 14.5. The number of nitrogens with one attached hydrogen (secondary N) is 3. The Morgan fingerprint density at radius 3 is 1.89 bits per heavy atom. The Bertz CT molecular complexity index is 1580. The number of carbonyl (C=O) groups is 6. The fourth-order valence-electron chi connectivity index (χ4n) is 8.80. The van der Waals surface area contributed by atoms with Crippen LogP contribution >= 0.6 is 0 Å². The summed E-state index contributed by atoms with van der Waals surface area (Å²) in [5, 5.41) is 18.7. The number of likely N-dealkylation sites (tertiary alicyclic amines) is 1. The van der Waals surface area contributed by atoms with Gasteiger partial charge in [-0.1, -0.05) is 105 Å². The average Bonchev–Trinajstić information content (AvgIpc) is 3.71. The van der Waals surface area contributed by atoms with Crippen LogP contribution in [0.2, 0.25) is 0 Å². The summed E-state index contributed by atoms with van der Waals surface area (Å²) in [6.45, 7) is 17.6. The van der Waals surface area contributed by atoms with Crippen molar-refractivity contribution in [3.8, 4) is 0 Å². The van der Waals surface area contributed by atoms with Crippen LogP contribution in [-0.4, -0.2) is 146 Å². The number of rotatable bonds is 25. The lowest BCUT2D eigenvalue weighted by Gasteiger charge is -2.41. The Balaban J connectivity index is 2.32. The average molecular weight is 859 g/mol. The van der Waals surface area contributed by atoms with E-state index in [1.54, 1.807) is 50.0 Å². The van der Waals surface area contributed by atoms with Gasteiger partial charge in [0.1, 0.15) is 18.1 Å². The minimum Gasteiger partial charge on any atom is -0.480 e. The zero-order valence-electron chi connectivity index (χ0n) is 39.4. The molecule has 1 aliphatic heterocycles. The number of carboxylic acid groups (broad SMARTS) is 1. The van der Waals surface area contributed by atoms with Crippen molar-refractivity contribution in [1.82, 2.24) is 30.7 Å². The van der Waals surface area contributed by atoms with Gasteiger partial charge in [0.15, 0.2) is 0 Å². The molecule has 11 atom stereocenters. The highest BCUT2D eigenvalue weighted by molar-refractivity contribution is 5.93. The van der Waals surface area contributed by atoms with Gasteiger partial charge in [-0.15, -0.1) is 0 Å². The minimum atomic E-state index is -1.15. The van der Waals surface area contributed by atoms with Gasteiger partial charge in [0, 0.05) is 41.3 Å². The molecule has 15 nitrogen and oxygen atoms in total. The van der Waals surface area contributed by atoms with Crippen molar-refractivity contribution in [2.45, 2.75) is 149 Å². The molecule has 1 aliphatic rings. The molecule has 1 aromatic carbocycles. The summed E-state index contributed by atoms with van der Waals surface area (Å²) < 4.78 is 11.9. The van der Waals surface area contributed by atoms with Gasteiger partial charge in [-0.3, -0.25) is 24.0 Å². The van der Waals surface area contributed by atoms with E-state index in [-0.39, 0.29) is 54.2 Å². The largest absolute Gasteiger partial charge is 0.480 e. The highest BCUT2D eigenvalue weighted by Crippen LogP contribution is 2.30. The summed E-state index contributed by atoms with van der Waals surface area (Å²) in [5.41, 5.74) is 0.773. The molecule has 0 spiro atoms. The lowest BCUT2D eigenvalue weighted by Crippen LogP contribution is -2.61. The SMILES string of the molecule is CCC(C)C(NC)C(=O)N(C)C(C(=O)NC(C(=O)N(C)C(C(C)CC)C(CC(=O)N1CCC[C@H]1C(OC)C(C)C(=O)NC(Cc1ccccc1)C(=O)O)OC)C(C)C)C(C)C. The Kier molecular flexibility index (Phi) is 21.9. The Hall–Kier alpha value is -4.08. The number of likely N-dealkylation sites (N-methyl/N-ethyl adjacent to an activating group) is 3. The lowest BCUT2D eigenvalue weighted by atomic mass is 9.89. The lowest BCUT2D eigenvalue weighted by molar-refractivity contribution is -0.149. The summed E-state index contributed by atoms with van der Waals surface area (Å²) in [4.78, 5) is 87.1. The van der Waals surface area contributed by atoms with Crippen LogP contribution in [0.1, 0.15) is 100.0 Å². The first-order valence-electron chi connectivity index (χ1n) is 22.1. The summed E-state index contributed by atoms with van der Waals surface area (Å²) in [6.07, 6.45) is 1.34. The van der Waals surface area contributed by atoms with Crippen molar-refractivity contribution in [1.29, 1.82) is 0 Å². The number of ether oxygens (including phenoxy) is 2. The number of carbonyl (C=O) groups excluding carboxylic acids is 5. The molecule has 346 valence electrons. The third-order valence-corrected chi connectivity index (χ3v) is 12.8. The van der Waals surface area contributed by atoms with Crippen molar-refractivity contribution in [2.75, 3.05) is 41.9 Å². The van der Waals surface area contributed by atoms with Crippen LogP contribution in [0.4, 0.5) is 0 Å². The van der Waals surface area contributed by atoms with Gasteiger partial charge in [-0.2, -0.15) is 0 Å². The summed E-state index contributed by atoms with van der Waals surface area (Å²) >= 11 is 0. The summed E-state index contributed by atoms with van der Waals surface area (Å²) in [7, 11) is 8.05. The zero-order valence-corrected chi connectivity index (χ0v) is 39.4. The molecule has 1 heterocycles. The number of carboxylic acids is 1. The molecule has 1 fully saturated rings. The molecule has 0 bridgehead atoms. The van der Waals surface area contributed by atoms with E-state index in [1.807, 2.05) is 73.6 Å². The van der Waals surface area contributed by atoms with Gasteiger partial charge in [0.2, 0.25) is 29.5 Å². The number of methoxy groups -OCH3 is 2. The van der Waals surface area contributed by atoms with Crippen LogP contribution in [0.3, 0.4) is 0 Å². The maximum absolute atomic E-state index is 14.5. The standard InChI is InChI=1S/C46H78N6O9/c1-15-29(7)38(47-10)45(57)50(11)39(28(5)6)43(55)49-37(27(3)4)44(56)51(12)40(30(8)16-2)35(60-13)26-36(53)52-24-20-23-34(52)41(61-14)31(9)42(54)48-33(46(58)59)25-32-21-18-17-19-22-32/h17-19,21-22,27-31,33-35,37-41,47H,15-16,20,23-26H2,1-14H3,(H,48,54)(H,49,55)(H,58,59)/t29?,30?,31?,33?,34-,35?,37?,38?,39?,40?,41?/m0/s1. The normalized spacial score (nSPS) is 19.1. The zero-order chi connectivity index (χ0) is 46.3. The second kappa shape index (κ2) is 25.1. The molecule has 1 saturated heterocycles. The highest BCUT2D eigenvalue weighted by Gasteiger charge is 2.44. The number of hydrogen-bond acceptors (Lipinski definition) is 9. The van der Waals surface area contributed by atoms with Gasteiger partial charge < -0.3 is 45.2 Å². The first-order chi connectivity index (χ1) is 28.7. The number of aliphatic carboxylic acids is 1. The van der Waals surface area contributed by atoms with Gasteiger partial charge in [0.25, 0.3) is 0 Å². The Labute approximate surface area is 365 Å². The summed E-state index contributed by atoms with van der Waals surface area (Å²) in [5.74, 6) is -4.20. The molecule has 15 heteroatoms. The van der Waals surface area contributed by atoms with E-state index in [0.717, 1.165) is 12.0 Å². The predicted molar refractivity (Wildman–Crippen MR) is 236 cm³/mol. The number of amides is 5. The second-order valence-corrected chi connectivity index (χ2v) is 17.7. The first-order valence-corrected chi connectivity index (χ1v) is 22.1. The Morgan fingerprint density at radius 1 is 0.803 bits per heavy atom. The molecule has 0 radical (unpaired) electrons. The Morgan fingerprint density at radius 2 is 1.39 bits per heavy atom. The van der Waals surface area contributed by atoms with E-state index in [1.165, 1.54) is 19.1 Å². The van der Waals surface area contributed by atoms with Crippen LogP contribution in [0.15, 0.2) is 30.3 Å². The first kappa shape index (κ1) is 53.1. The molecule has 10 unspecified atom stereocenters.